The number of benzene rings is 2. The molecule has 1 atom stereocenters. The van der Waals surface area contributed by atoms with E-state index in [-0.39, 0.29) is 17.9 Å². The van der Waals surface area contributed by atoms with Crippen molar-refractivity contribution in [3.8, 4) is 11.1 Å². The van der Waals surface area contributed by atoms with Crippen molar-refractivity contribution in [1.29, 1.82) is 0 Å². The van der Waals surface area contributed by atoms with Gasteiger partial charge < -0.3 is 10.0 Å². The van der Waals surface area contributed by atoms with Crippen molar-refractivity contribution in [3.63, 3.8) is 0 Å². The maximum atomic E-state index is 14.3. The summed E-state index contributed by atoms with van der Waals surface area (Å²) in [6, 6.07) is 9.82. The maximum absolute atomic E-state index is 14.3. The van der Waals surface area contributed by atoms with Crippen molar-refractivity contribution in [2.24, 2.45) is 5.92 Å². The van der Waals surface area contributed by atoms with Gasteiger partial charge in [0.05, 0.1) is 11.5 Å². The monoisotopic (exact) mass is 331 g/mol. The summed E-state index contributed by atoms with van der Waals surface area (Å²) in [5, 5.41) is 8.98. The molecule has 2 aromatic carbocycles. The summed E-state index contributed by atoms with van der Waals surface area (Å²) in [5.74, 6) is -3.12. The average molecular weight is 331 g/mol. The molecule has 0 unspecified atom stereocenters. The fraction of sp³-hybridized carbons (Fsp3) is 0.222. The van der Waals surface area contributed by atoms with E-state index in [1.165, 1.54) is 41.3 Å². The first kappa shape index (κ1) is 16.1. The molecule has 0 aliphatic carbocycles. The maximum Gasteiger partial charge on any atom is 0.308 e. The molecule has 1 aliphatic heterocycles. The van der Waals surface area contributed by atoms with Crippen LogP contribution in [0.25, 0.3) is 11.1 Å². The normalized spacial score (nSPS) is 17.1. The largest absolute Gasteiger partial charge is 0.481 e. The van der Waals surface area contributed by atoms with Gasteiger partial charge in [0.1, 0.15) is 11.6 Å². The Morgan fingerprint density at radius 3 is 2.29 bits per heavy atom. The highest BCUT2D eigenvalue weighted by molar-refractivity contribution is 5.95. The minimum atomic E-state index is -0.947. The van der Waals surface area contributed by atoms with E-state index in [4.69, 9.17) is 5.11 Å². The van der Waals surface area contributed by atoms with Gasteiger partial charge in [-0.3, -0.25) is 9.59 Å². The Labute approximate surface area is 137 Å². The zero-order valence-corrected chi connectivity index (χ0v) is 12.7. The lowest BCUT2D eigenvalue weighted by molar-refractivity contribution is -0.141. The molecule has 1 fully saturated rings. The van der Waals surface area contributed by atoms with Crippen LogP contribution in [0.3, 0.4) is 0 Å². The SMILES string of the molecule is O=C(O)[C@H]1CCN(C(=O)c2ccc(-c3ccc(F)cc3)cc2F)C1. The molecule has 1 amide bonds. The van der Waals surface area contributed by atoms with Gasteiger partial charge in [0.2, 0.25) is 0 Å². The number of carboxylic acids is 1. The molecule has 3 rings (SSSR count). The zero-order valence-electron chi connectivity index (χ0n) is 12.7. The van der Waals surface area contributed by atoms with E-state index >= 15 is 0 Å². The van der Waals surface area contributed by atoms with Gasteiger partial charge in [0, 0.05) is 13.1 Å². The molecule has 0 aromatic heterocycles. The van der Waals surface area contributed by atoms with Crippen LogP contribution in [0.2, 0.25) is 0 Å². The molecule has 1 saturated heterocycles. The van der Waals surface area contributed by atoms with Crippen LogP contribution in [0.1, 0.15) is 16.8 Å². The quantitative estimate of drug-likeness (QED) is 0.940. The first-order valence-corrected chi connectivity index (χ1v) is 7.53. The van der Waals surface area contributed by atoms with E-state index in [1.807, 2.05) is 0 Å². The summed E-state index contributed by atoms with van der Waals surface area (Å²) < 4.78 is 27.3. The highest BCUT2D eigenvalue weighted by Gasteiger charge is 2.32. The van der Waals surface area contributed by atoms with Gasteiger partial charge in [-0.2, -0.15) is 0 Å². The average Bonchev–Trinajstić information content (AvgIpc) is 3.05. The highest BCUT2D eigenvalue weighted by atomic mass is 19.1. The van der Waals surface area contributed by atoms with Crippen molar-refractivity contribution in [2.45, 2.75) is 6.42 Å². The van der Waals surface area contributed by atoms with Crippen LogP contribution < -0.4 is 0 Å². The lowest BCUT2D eigenvalue weighted by Crippen LogP contribution is -2.30. The van der Waals surface area contributed by atoms with Gasteiger partial charge in [-0.05, 0) is 41.8 Å². The van der Waals surface area contributed by atoms with Gasteiger partial charge in [-0.15, -0.1) is 0 Å². The Morgan fingerprint density at radius 2 is 1.71 bits per heavy atom. The number of carbonyl (C=O) groups is 2. The molecule has 1 heterocycles. The Hall–Kier alpha value is -2.76. The van der Waals surface area contributed by atoms with Gasteiger partial charge >= 0.3 is 5.97 Å². The summed E-state index contributed by atoms with van der Waals surface area (Å²) in [6.45, 7) is 0.391. The standard InChI is InChI=1S/C18H15F2NO3/c19-14-4-1-11(2-5-14)12-3-6-15(16(20)9-12)17(22)21-8-7-13(10-21)18(23)24/h1-6,9,13H,7-8,10H2,(H,23,24)/t13-/m0/s1. The Kier molecular flexibility index (Phi) is 4.29. The number of rotatable bonds is 3. The van der Waals surface area contributed by atoms with E-state index in [2.05, 4.69) is 0 Å². The third-order valence-corrected chi connectivity index (χ3v) is 4.20. The van der Waals surface area contributed by atoms with Crippen LogP contribution in [-0.2, 0) is 4.79 Å². The number of likely N-dealkylation sites (tertiary alicyclic amines) is 1. The molecule has 0 bridgehead atoms. The van der Waals surface area contributed by atoms with Crippen LogP contribution >= 0.6 is 0 Å². The number of hydrogen-bond donors (Lipinski definition) is 1. The summed E-state index contributed by atoms with van der Waals surface area (Å²) in [6.07, 6.45) is 0.371. The van der Waals surface area contributed by atoms with Crippen molar-refractivity contribution in [3.05, 3.63) is 59.7 Å². The van der Waals surface area contributed by atoms with Gasteiger partial charge in [0.25, 0.3) is 5.91 Å². The van der Waals surface area contributed by atoms with Crippen LogP contribution in [0.4, 0.5) is 8.78 Å². The molecule has 0 saturated carbocycles. The van der Waals surface area contributed by atoms with E-state index in [9.17, 15) is 18.4 Å². The first-order chi connectivity index (χ1) is 11.5. The second kappa shape index (κ2) is 6.39. The molecular formula is C18H15F2NO3. The molecule has 2 aromatic rings. The van der Waals surface area contributed by atoms with Crippen LogP contribution in [-0.4, -0.2) is 35.0 Å². The minimum Gasteiger partial charge on any atom is -0.481 e. The van der Waals surface area contributed by atoms with Crippen molar-refractivity contribution < 1.29 is 23.5 Å². The second-order valence-electron chi connectivity index (χ2n) is 5.78. The predicted octanol–water partition coefficient (Wildman–Crippen LogP) is 3.18. The van der Waals surface area contributed by atoms with Crippen molar-refractivity contribution >= 4 is 11.9 Å². The fourth-order valence-electron chi connectivity index (χ4n) is 2.83. The van der Waals surface area contributed by atoms with Gasteiger partial charge in [-0.1, -0.05) is 18.2 Å². The molecule has 6 heteroatoms. The molecule has 1 N–H and O–H groups in total. The van der Waals surface area contributed by atoms with Crippen molar-refractivity contribution in [2.75, 3.05) is 13.1 Å². The van der Waals surface area contributed by atoms with E-state index in [0.717, 1.165) is 0 Å². The summed E-state index contributed by atoms with van der Waals surface area (Å²) in [7, 11) is 0. The Bertz CT molecular complexity index is 789. The number of halogens is 2. The fourth-order valence-corrected chi connectivity index (χ4v) is 2.83. The minimum absolute atomic E-state index is 0.0906. The van der Waals surface area contributed by atoms with Gasteiger partial charge in [-0.25, -0.2) is 8.78 Å². The summed E-state index contributed by atoms with van der Waals surface area (Å²) in [5.41, 5.74) is 1.09. The van der Waals surface area contributed by atoms with Crippen LogP contribution in [0.5, 0.6) is 0 Å². The predicted molar refractivity (Wildman–Crippen MR) is 83.4 cm³/mol. The number of hydrogen-bond acceptors (Lipinski definition) is 2. The topological polar surface area (TPSA) is 57.6 Å². The Morgan fingerprint density at radius 1 is 1.04 bits per heavy atom. The number of amides is 1. The number of carbonyl (C=O) groups excluding carboxylic acids is 1. The number of nitrogens with zero attached hydrogens (tertiary/aromatic N) is 1. The van der Waals surface area contributed by atoms with Crippen molar-refractivity contribution in [1.82, 2.24) is 4.90 Å². The zero-order chi connectivity index (χ0) is 17.3. The molecule has 0 radical (unpaired) electrons. The smallest absolute Gasteiger partial charge is 0.308 e. The van der Waals surface area contributed by atoms with E-state index < -0.39 is 23.6 Å². The number of aliphatic carboxylic acids is 1. The molecule has 124 valence electrons. The summed E-state index contributed by atoms with van der Waals surface area (Å²) >= 11 is 0. The van der Waals surface area contributed by atoms with Crippen LogP contribution in [0.15, 0.2) is 42.5 Å². The third kappa shape index (κ3) is 3.13. The lowest BCUT2D eigenvalue weighted by atomic mass is 10.0. The van der Waals surface area contributed by atoms with E-state index in [0.29, 0.717) is 24.1 Å². The molecule has 4 nitrogen and oxygen atoms in total. The molecule has 24 heavy (non-hydrogen) atoms. The summed E-state index contributed by atoms with van der Waals surface area (Å²) in [4.78, 5) is 24.7. The van der Waals surface area contributed by atoms with Gasteiger partial charge in [0.15, 0.2) is 0 Å². The number of carboxylic acid groups (broad SMARTS) is 1. The van der Waals surface area contributed by atoms with Crippen LogP contribution in [0, 0.1) is 17.6 Å². The first-order valence-electron chi connectivity index (χ1n) is 7.53. The Balaban J connectivity index is 1.81. The second-order valence-corrected chi connectivity index (χ2v) is 5.78. The lowest BCUT2D eigenvalue weighted by Gasteiger charge is -2.16. The highest BCUT2D eigenvalue weighted by Crippen LogP contribution is 2.25. The third-order valence-electron chi connectivity index (χ3n) is 4.20. The van der Waals surface area contributed by atoms with E-state index in [1.54, 1.807) is 6.07 Å². The molecule has 1 aliphatic rings. The molecule has 0 spiro atoms. The molecular weight excluding hydrogens is 316 g/mol.